The summed E-state index contributed by atoms with van der Waals surface area (Å²) < 4.78 is 0. The van der Waals surface area contributed by atoms with Gasteiger partial charge >= 0.3 is 0 Å². The lowest BCUT2D eigenvalue weighted by Crippen LogP contribution is -2.04. The summed E-state index contributed by atoms with van der Waals surface area (Å²) in [7, 11) is 0. The molecule has 132 valence electrons. The Morgan fingerprint density at radius 1 is 0.800 bits per heavy atom. The molecule has 0 N–H and O–H groups in total. The van der Waals surface area contributed by atoms with Crippen LogP contribution in [0.3, 0.4) is 0 Å². The maximum Gasteiger partial charge on any atom is 0.196 e. The van der Waals surface area contributed by atoms with Crippen molar-refractivity contribution in [3.05, 3.63) is 43.8 Å². The van der Waals surface area contributed by atoms with Crippen molar-refractivity contribution in [2.24, 2.45) is 0 Å². The van der Waals surface area contributed by atoms with E-state index in [-0.39, 0.29) is 34.6 Å². The van der Waals surface area contributed by atoms with Gasteiger partial charge in [-0.2, -0.15) is 0 Å². The smallest absolute Gasteiger partial charge is 0.196 e. The van der Waals surface area contributed by atoms with Gasteiger partial charge in [0.1, 0.15) is 0 Å². The van der Waals surface area contributed by atoms with Crippen LogP contribution >= 0.6 is 34.4 Å². The summed E-state index contributed by atoms with van der Waals surface area (Å²) in [4.78, 5) is 48.7. The number of hydrogen-bond donors (Lipinski definition) is 0. The van der Waals surface area contributed by atoms with E-state index in [9.17, 15) is 19.2 Å². The SMILES string of the molecule is CC(=O)c1ccsc1CCC(=O)SC(=O)CCc1sccc1C(C)=O. The Labute approximate surface area is 158 Å². The van der Waals surface area contributed by atoms with Crippen LogP contribution < -0.4 is 0 Å². The quantitative estimate of drug-likeness (QED) is 0.614. The van der Waals surface area contributed by atoms with Crippen molar-refractivity contribution in [3.8, 4) is 0 Å². The van der Waals surface area contributed by atoms with Gasteiger partial charge in [-0.1, -0.05) is 0 Å². The van der Waals surface area contributed by atoms with Crippen molar-refractivity contribution in [1.29, 1.82) is 0 Å². The average molecular weight is 395 g/mol. The number of aryl methyl sites for hydroxylation is 2. The number of rotatable bonds is 8. The molecule has 0 atom stereocenters. The standard InChI is InChI=1S/C18H18O4S3/c1-11(19)13-7-9-23-15(13)3-5-17(21)25-18(22)6-4-16-14(12(2)20)8-10-24-16/h7-10H,3-6H2,1-2H3. The highest BCUT2D eigenvalue weighted by Crippen LogP contribution is 2.23. The first-order valence-electron chi connectivity index (χ1n) is 7.76. The average Bonchev–Trinajstić information content (AvgIpc) is 3.19. The van der Waals surface area contributed by atoms with Gasteiger partial charge in [0.2, 0.25) is 0 Å². The molecular formula is C18H18O4S3. The van der Waals surface area contributed by atoms with E-state index >= 15 is 0 Å². The Morgan fingerprint density at radius 3 is 1.56 bits per heavy atom. The van der Waals surface area contributed by atoms with Crippen LogP contribution in [0.4, 0.5) is 0 Å². The van der Waals surface area contributed by atoms with Gasteiger partial charge in [-0.25, -0.2) is 0 Å². The first kappa shape index (κ1) is 19.8. The van der Waals surface area contributed by atoms with Crippen molar-refractivity contribution in [2.75, 3.05) is 0 Å². The molecule has 0 spiro atoms. The molecule has 0 aliphatic carbocycles. The molecule has 0 aliphatic heterocycles. The fraction of sp³-hybridized carbons (Fsp3) is 0.333. The third-order valence-electron chi connectivity index (χ3n) is 3.59. The number of carbonyl (C=O) groups excluding carboxylic acids is 4. The molecule has 0 fully saturated rings. The minimum Gasteiger partial charge on any atom is -0.294 e. The topological polar surface area (TPSA) is 68.3 Å². The van der Waals surface area contributed by atoms with Crippen LogP contribution in [0, 0.1) is 0 Å². The van der Waals surface area contributed by atoms with E-state index in [0.29, 0.717) is 24.0 Å². The zero-order chi connectivity index (χ0) is 18.4. The Morgan fingerprint density at radius 2 is 1.20 bits per heavy atom. The van der Waals surface area contributed by atoms with Crippen LogP contribution in [0.25, 0.3) is 0 Å². The number of thioether (sulfide) groups is 1. The van der Waals surface area contributed by atoms with Crippen LogP contribution in [0.2, 0.25) is 0 Å². The van der Waals surface area contributed by atoms with Crippen LogP contribution in [0.15, 0.2) is 22.9 Å². The van der Waals surface area contributed by atoms with E-state index in [1.165, 1.54) is 36.5 Å². The Balaban J connectivity index is 1.79. The fourth-order valence-electron chi connectivity index (χ4n) is 2.36. The second kappa shape index (κ2) is 9.22. The first-order chi connectivity index (χ1) is 11.9. The first-order valence-corrected chi connectivity index (χ1v) is 10.3. The van der Waals surface area contributed by atoms with Crippen LogP contribution in [-0.2, 0) is 22.4 Å². The molecule has 2 heterocycles. The van der Waals surface area contributed by atoms with Gasteiger partial charge in [-0.15, -0.1) is 22.7 Å². The van der Waals surface area contributed by atoms with E-state index in [0.717, 1.165) is 21.5 Å². The summed E-state index contributed by atoms with van der Waals surface area (Å²) in [6, 6.07) is 3.53. The van der Waals surface area contributed by atoms with Gasteiger partial charge in [-0.3, -0.25) is 19.2 Å². The lowest BCUT2D eigenvalue weighted by molar-refractivity contribution is -0.113. The molecule has 0 amide bonds. The summed E-state index contributed by atoms with van der Waals surface area (Å²) in [6.07, 6.45) is 1.42. The second-order valence-electron chi connectivity index (χ2n) is 5.47. The molecular weight excluding hydrogens is 376 g/mol. The molecule has 0 unspecified atom stereocenters. The molecule has 2 aromatic heterocycles. The summed E-state index contributed by atoms with van der Waals surface area (Å²) in [5.74, 6) is -0.0192. The van der Waals surface area contributed by atoms with Gasteiger partial charge in [0.25, 0.3) is 0 Å². The molecule has 2 aromatic rings. The molecule has 7 heteroatoms. The number of carbonyl (C=O) groups is 4. The van der Waals surface area contributed by atoms with Crippen LogP contribution in [-0.4, -0.2) is 21.8 Å². The predicted octanol–water partition coefficient (Wildman–Crippen LogP) is 4.57. The van der Waals surface area contributed by atoms with Crippen LogP contribution in [0.5, 0.6) is 0 Å². The molecule has 4 nitrogen and oxygen atoms in total. The predicted molar refractivity (Wildman–Crippen MR) is 103 cm³/mol. The lowest BCUT2D eigenvalue weighted by Gasteiger charge is -2.02. The van der Waals surface area contributed by atoms with E-state index in [1.54, 1.807) is 12.1 Å². The highest BCUT2D eigenvalue weighted by molar-refractivity contribution is 8.26. The minimum atomic E-state index is -0.189. The van der Waals surface area contributed by atoms with Gasteiger partial charge in [0.05, 0.1) is 0 Å². The van der Waals surface area contributed by atoms with E-state index < -0.39 is 0 Å². The maximum absolute atomic E-state index is 12.0. The Hall–Kier alpha value is -1.57. The fourth-order valence-corrected chi connectivity index (χ4v) is 4.87. The normalized spacial score (nSPS) is 10.6. The van der Waals surface area contributed by atoms with Crippen molar-refractivity contribution in [3.63, 3.8) is 0 Å². The Bertz CT molecular complexity index is 735. The Kier molecular flexibility index (Phi) is 7.28. The third-order valence-corrected chi connectivity index (χ3v) is 6.41. The molecule has 0 saturated heterocycles. The summed E-state index contributed by atoms with van der Waals surface area (Å²) in [5, 5.41) is 3.29. The van der Waals surface area contributed by atoms with Crippen molar-refractivity contribution >= 4 is 56.2 Å². The zero-order valence-electron chi connectivity index (χ0n) is 14.0. The number of ketones is 2. The monoisotopic (exact) mass is 394 g/mol. The minimum absolute atomic E-state index is 0.00958. The van der Waals surface area contributed by atoms with E-state index in [1.807, 2.05) is 10.8 Å². The maximum atomic E-state index is 12.0. The summed E-state index contributed by atoms with van der Waals surface area (Å²) in [6.45, 7) is 3.01. The molecule has 0 aliphatic rings. The van der Waals surface area contributed by atoms with Crippen molar-refractivity contribution < 1.29 is 19.2 Å². The highest BCUT2D eigenvalue weighted by atomic mass is 32.2. The largest absolute Gasteiger partial charge is 0.294 e. The van der Waals surface area contributed by atoms with Crippen molar-refractivity contribution in [1.82, 2.24) is 0 Å². The van der Waals surface area contributed by atoms with Gasteiger partial charge < -0.3 is 0 Å². The second-order valence-corrected chi connectivity index (χ2v) is 8.59. The molecule has 2 rings (SSSR count). The molecule has 0 aromatic carbocycles. The van der Waals surface area contributed by atoms with E-state index in [4.69, 9.17) is 0 Å². The van der Waals surface area contributed by atoms with Gasteiger partial charge in [-0.05, 0) is 61.3 Å². The van der Waals surface area contributed by atoms with Gasteiger partial charge in [0.15, 0.2) is 21.8 Å². The lowest BCUT2D eigenvalue weighted by atomic mass is 10.1. The summed E-state index contributed by atoms with van der Waals surface area (Å²) in [5.41, 5.74) is 1.31. The molecule has 25 heavy (non-hydrogen) atoms. The number of Topliss-reactive ketones (excluding diaryl/α,β-unsaturated/α-hetero) is 2. The van der Waals surface area contributed by atoms with Crippen LogP contribution in [0.1, 0.15) is 57.2 Å². The summed E-state index contributed by atoms with van der Waals surface area (Å²) >= 11 is 3.64. The number of hydrogen-bond acceptors (Lipinski definition) is 7. The van der Waals surface area contributed by atoms with E-state index in [2.05, 4.69) is 0 Å². The third kappa shape index (κ3) is 5.73. The molecule has 0 saturated carbocycles. The molecule has 0 bridgehead atoms. The zero-order valence-corrected chi connectivity index (χ0v) is 16.4. The van der Waals surface area contributed by atoms with Crippen molar-refractivity contribution in [2.45, 2.75) is 39.5 Å². The van der Waals surface area contributed by atoms with Gasteiger partial charge in [0, 0.05) is 33.7 Å². The number of thiophene rings is 2. The molecule has 0 radical (unpaired) electrons. The highest BCUT2D eigenvalue weighted by Gasteiger charge is 2.16.